The molecule has 0 aromatic heterocycles. The lowest BCUT2D eigenvalue weighted by Gasteiger charge is -2.24. The summed E-state index contributed by atoms with van der Waals surface area (Å²) in [4.78, 5) is 69.7. The summed E-state index contributed by atoms with van der Waals surface area (Å²) in [5, 5.41) is 33.4. The molecule has 0 radical (unpaired) electrons. The number of nitrogens with two attached hydrogens (primary N) is 2. The van der Waals surface area contributed by atoms with Gasteiger partial charge in [0.1, 0.15) is 18.1 Å². The number of nitrogens with one attached hydrogen (secondary N) is 3. The van der Waals surface area contributed by atoms with Crippen molar-refractivity contribution in [2.75, 3.05) is 6.61 Å². The van der Waals surface area contributed by atoms with Crippen molar-refractivity contribution in [3.05, 3.63) is 0 Å². The maximum atomic E-state index is 12.5. The Hall–Kier alpha value is -3.26. The molecule has 0 aliphatic heterocycles. The Morgan fingerprint density at radius 1 is 0.839 bits per heavy atom. The van der Waals surface area contributed by atoms with Gasteiger partial charge in [-0.15, -0.1) is 0 Å². The van der Waals surface area contributed by atoms with Crippen molar-refractivity contribution >= 4 is 35.6 Å². The fourth-order valence-corrected chi connectivity index (χ4v) is 2.24. The third-order valence-corrected chi connectivity index (χ3v) is 4.14. The molecule has 0 aromatic carbocycles. The highest BCUT2D eigenvalue weighted by molar-refractivity contribution is 5.95. The number of rotatable bonds is 14. The molecule has 10 N–H and O–H groups in total. The van der Waals surface area contributed by atoms with E-state index in [4.69, 9.17) is 21.7 Å². The van der Waals surface area contributed by atoms with E-state index in [1.54, 1.807) is 13.8 Å². The van der Waals surface area contributed by atoms with E-state index in [1.807, 2.05) is 5.32 Å². The average Bonchev–Trinajstić information content (AvgIpc) is 2.66. The quantitative estimate of drug-likeness (QED) is 0.129. The summed E-state index contributed by atoms with van der Waals surface area (Å²) >= 11 is 0. The van der Waals surface area contributed by atoms with Crippen molar-refractivity contribution in [2.45, 2.75) is 57.3 Å². The Morgan fingerprint density at radius 3 is 1.74 bits per heavy atom. The minimum atomic E-state index is -1.80. The number of carboxylic acids is 2. The normalized spacial score (nSPS) is 14.6. The van der Waals surface area contributed by atoms with Crippen LogP contribution < -0.4 is 27.4 Å². The van der Waals surface area contributed by atoms with Crippen molar-refractivity contribution in [1.29, 1.82) is 0 Å². The molecule has 0 saturated carbocycles. The van der Waals surface area contributed by atoms with Crippen LogP contribution in [0, 0.1) is 5.92 Å². The van der Waals surface area contributed by atoms with Gasteiger partial charge < -0.3 is 42.7 Å². The number of amides is 4. The number of aliphatic carboxylic acids is 2. The first kappa shape index (κ1) is 27.7. The van der Waals surface area contributed by atoms with Crippen LogP contribution in [0.3, 0.4) is 0 Å². The molecule has 0 heterocycles. The molecule has 0 fully saturated rings. The number of hydrogen-bond donors (Lipinski definition) is 8. The lowest BCUT2D eigenvalue weighted by Crippen LogP contribution is -2.58. The maximum Gasteiger partial charge on any atom is 0.326 e. The van der Waals surface area contributed by atoms with Gasteiger partial charge in [0.2, 0.25) is 23.6 Å². The fourth-order valence-electron chi connectivity index (χ4n) is 2.24. The molecule has 176 valence electrons. The fraction of sp³-hybridized carbons (Fsp3) is 0.647. The molecule has 0 aromatic rings. The van der Waals surface area contributed by atoms with Gasteiger partial charge in [0.15, 0.2) is 0 Å². The molecule has 0 spiro atoms. The highest BCUT2D eigenvalue weighted by Crippen LogP contribution is 2.03. The predicted octanol–water partition coefficient (Wildman–Crippen LogP) is -3.76. The summed E-state index contributed by atoms with van der Waals surface area (Å²) in [6.45, 7) is 2.38. The van der Waals surface area contributed by atoms with Crippen LogP contribution >= 0.6 is 0 Å². The third kappa shape index (κ3) is 10.4. The Labute approximate surface area is 177 Å². The van der Waals surface area contributed by atoms with Gasteiger partial charge in [0.25, 0.3) is 0 Å². The standard InChI is InChI=1S/C17H29N5O9/c1-7(2)13(19)16(29)20-8(3-4-11(18)24)14(27)22-10(6-23)15(28)21-9(17(30)31)5-12(25)26/h7-10,13,23H,3-6,19H2,1-2H3,(H2,18,24)(H,20,29)(H,21,28)(H,22,27)(H,25,26)(H,30,31). The van der Waals surface area contributed by atoms with Gasteiger partial charge in [-0.2, -0.15) is 0 Å². The Kier molecular flexibility index (Phi) is 11.7. The van der Waals surface area contributed by atoms with Crippen LogP contribution in [-0.2, 0) is 28.8 Å². The summed E-state index contributed by atoms with van der Waals surface area (Å²) in [6, 6.07) is -5.76. The second kappa shape index (κ2) is 13.1. The van der Waals surface area contributed by atoms with Gasteiger partial charge in [-0.1, -0.05) is 13.8 Å². The molecule has 4 unspecified atom stereocenters. The number of carbonyl (C=O) groups is 6. The minimum Gasteiger partial charge on any atom is -0.481 e. The zero-order valence-corrected chi connectivity index (χ0v) is 17.2. The molecular formula is C17H29N5O9. The van der Waals surface area contributed by atoms with Crippen molar-refractivity contribution in [3.8, 4) is 0 Å². The highest BCUT2D eigenvalue weighted by Gasteiger charge is 2.31. The molecular weight excluding hydrogens is 418 g/mol. The van der Waals surface area contributed by atoms with Gasteiger partial charge in [-0.05, 0) is 12.3 Å². The second-order valence-electron chi connectivity index (χ2n) is 7.08. The zero-order valence-electron chi connectivity index (χ0n) is 17.2. The van der Waals surface area contributed by atoms with Crippen LogP contribution in [0.4, 0.5) is 0 Å². The van der Waals surface area contributed by atoms with E-state index in [9.17, 15) is 33.9 Å². The summed E-state index contributed by atoms with van der Waals surface area (Å²) in [7, 11) is 0. The van der Waals surface area contributed by atoms with E-state index in [0.29, 0.717) is 0 Å². The van der Waals surface area contributed by atoms with Crippen LogP contribution in [0.5, 0.6) is 0 Å². The largest absolute Gasteiger partial charge is 0.481 e. The van der Waals surface area contributed by atoms with Crippen LogP contribution in [-0.4, -0.2) is 81.7 Å². The maximum absolute atomic E-state index is 12.5. The lowest BCUT2D eigenvalue weighted by atomic mass is 10.0. The number of carboxylic acid groups (broad SMARTS) is 2. The van der Waals surface area contributed by atoms with Crippen LogP contribution in [0.25, 0.3) is 0 Å². The smallest absolute Gasteiger partial charge is 0.326 e. The molecule has 14 heteroatoms. The van der Waals surface area contributed by atoms with E-state index >= 15 is 0 Å². The predicted molar refractivity (Wildman–Crippen MR) is 104 cm³/mol. The molecule has 0 aliphatic rings. The van der Waals surface area contributed by atoms with Crippen molar-refractivity contribution in [1.82, 2.24) is 16.0 Å². The topological polar surface area (TPSA) is 251 Å². The Bertz CT molecular complexity index is 697. The van der Waals surface area contributed by atoms with E-state index < -0.39 is 72.8 Å². The van der Waals surface area contributed by atoms with Crippen LogP contribution in [0.1, 0.15) is 33.1 Å². The SMILES string of the molecule is CC(C)C(N)C(=O)NC(CCC(N)=O)C(=O)NC(CO)C(=O)NC(CC(=O)O)C(=O)O. The summed E-state index contributed by atoms with van der Waals surface area (Å²) in [5.41, 5.74) is 10.8. The molecule has 0 rings (SSSR count). The highest BCUT2D eigenvalue weighted by atomic mass is 16.4. The van der Waals surface area contributed by atoms with Crippen LogP contribution in [0.2, 0.25) is 0 Å². The van der Waals surface area contributed by atoms with Gasteiger partial charge in [0, 0.05) is 6.42 Å². The van der Waals surface area contributed by atoms with E-state index in [0.717, 1.165) is 0 Å². The van der Waals surface area contributed by atoms with E-state index in [-0.39, 0.29) is 18.8 Å². The van der Waals surface area contributed by atoms with Crippen LogP contribution in [0.15, 0.2) is 0 Å². The second-order valence-corrected chi connectivity index (χ2v) is 7.08. The number of hydrogen-bond acceptors (Lipinski definition) is 8. The van der Waals surface area contributed by atoms with E-state index in [2.05, 4.69) is 10.6 Å². The monoisotopic (exact) mass is 447 g/mol. The number of carbonyl (C=O) groups excluding carboxylic acids is 4. The van der Waals surface area contributed by atoms with Gasteiger partial charge >= 0.3 is 11.9 Å². The Morgan fingerprint density at radius 2 is 1.32 bits per heavy atom. The number of aliphatic hydroxyl groups is 1. The molecule has 0 bridgehead atoms. The summed E-state index contributed by atoms with van der Waals surface area (Å²) in [6.07, 6.45) is -1.45. The first-order valence-electron chi connectivity index (χ1n) is 9.30. The zero-order chi connectivity index (χ0) is 24.3. The molecule has 0 aliphatic carbocycles. The third-order valence-electron chi connectivity index (χ3n) is 4.14. The molecule has 4 amide bonds. The van der Waals surface area contributed by atoms with Gasteiger partial charge in [0.05, 0.1) is 19.1 Å². The van der Waals surface area contributed by atoms with E-state index in [1.165, 1.54) is 0 Å². The van der Waals surface area contributed by atoms with Crippen molar-refractivity contribution in [3.63, 3.8) is 0 Å². The number of primary amides is 1. The number of aliphatic hydroxyl groups excluding tert-OH is 1. The van der Waals surface area contributed by atoms with Crippen molar-refractivity contribution in [2.24, 2.45) is 17.4 Å². The molecule has 0 saturated heterocycles. The minimum absolute atomic E-state index is 0.228. The van der Waals surface area contributed by atoms with Crippen molar-refractivity contribution < 1.29 is 44.1 Å². The summed E-state index contributed by atoms with van der Waals surface area (Å²) < 4.78 is 0. The van der Waals surface area contributed by atoms with Gasteiger partial charge in [-0.3, -0.25) is 24.0 Å². The molecule has 4 atom stereocenters. The first-order chi connectivity index (χ1) is 14.3. The first-order valence-corrected chi connectivity index (χ1v) is 9.30. The lowest BCUT2D eigenvalue weighted by molar-refractivity contribution is -0.147. The Balaban J connectivity index is 5.32. The van der Waals surface area contributed by atoms with Gasteiger partial charge in [-0.25, -0.2) is 4.79 Å². The summed E-state index contributed by atoms with van der Waals surface area (Å²) in [5.74, 6) is -6.97. The average molecular weight is 447 g/mol. The molecule has 14 nitrogen and oxygen atoms in total. The molecule has 31 heavy (non-hydrogen) atoms.